The monoisotopic (exact) mass is 130 g/mol. The van der Waals surface area contributed by atoms with E-state index in [1.807, 2.05) is 7.05 Å². The molecule has 54 valence electrons. The normalized spacial score (nSPS) is 28.3. The smallest absolute Gasteiger partial charge is 0.0633 e. The van der Waals surface area contributed by atoms with Crippen molar-refractivity contribution in [3.05, 3.63) is 0 Å². The van der Waals surface area contributed by atoms with Crippen molar-refractivity contribution in [1.82, 2.24) is 10.9 Å². The molecular weight excluding hydrogens is 116 g/mol. The van der Waals surface area contributed by atoms with Gasteiger partial charge in [0.1, 0.15) is 0 Å². The predicted octanol–water partition coefficient (Wildman–Crippen LogP) is -0.111. The highest BCUT2D eigenvalue weighted by Crippen LogP contribution is 2.03. The molecule has 1 fully saturated rings. The van der Waals surface area contributed by atoms with Crippen LogP contribution in [0.5, 0.6) is 0 Å². The van der Waals surface area contributed by atoms with Crippen LogP contribution in [0.4, 0.5) is 0 Å². The van der Waals surface area contributed by atoms with Crippen LogP contribution in [0.3, 0.4) is 0 Å². The average Bonchev–Trinajstić information content (AvgIpc) is 1.91. The molecule has 0 aromatic carbocycles. The lowest BCUT2D eigenvalue weighted by atomic mass is 10.1. The van der Waals surface area contributed by atoms with E-state index in [-0.39, 0.29) is 0 Å². The van der Waals surface area contributed by atoms with Gasteiger partial charge in [-0.1, -0.05) is 0 Å². The largest absolute Gasteiger partial charge is 0.380 e. The van der Waals surface area contributed by atoms with E-state index in [1.54, 1.807) is 0 Å². The summed E-state index contributed by atoms with van der Waals surface area (Å²) < 4.78 is 5.23. The molecule has 3 heteroatoms. The van der Waals surface area contributed by atoms with E-state index in [4.69, 9.17) is 4.74 Å². The van der Waals surface area contributed by atoms with Crippen molar-refractivity contribution in [3.63, 3.8) is 0 Å². The Morgan fingerprint density at radius 3 is 3.00 bits per heavy atom. The summed E-state index contributed by atoms with van der Waals surface area (Å²) in [6, 6.07) is 0.517. The lowest BCUT2D eigenvalue weighted by Crippen LogP contribution is -2.43. The zero-order valence-corrected chi connectivity index (χ0v) is 5.81. The third-order valence-corrected chi connectivity index (χ3v) is 1.51. The Bertz CT molecular complexity index is 68.7. The van der Waals surface area contributed by atoms with Crippen molar-refractivity contribution >= 4 is 0 Å². The minimum Gasteiger partial charge on any atom is -0.380 e. The molecule has 0 radical (unpaired) electrons. The van der Waals surface area contributed by atoms with Gasteiger partial charge in [0.25, 0.3) is 0 Å². The highest BCUT2D eigenvalue weighted by Gasteiger charge is 2.11. The highest BCUT2D eigenvalue weighted by atomic mass is 16.5. The predicted molar refractivity (Wildman–Crippen MR) is 36.0 cm³/mol. The minimum atomic E-state index is 0.517. The van der Waals surface area contributed by atoms with E-state index >= 15 is 0 Å². The fraction of sp³-hybridized carbons (Fsp3) is 1.00. The number of hydrogen-bond donors (Lipinski definition) is 2. The summed E-state index contributed by atoms with van der Waals surface area (Å²) in [6.07, 6.45) is 2.40. The summed E-state index contributed by atoms with van der Waals surface area (Å²) in [5, 5.41) is 0. The molecule has 0 spiro atoms. The number of ether oxygens (including phenoxy) is 1. The van der Waals surface area contributed by atoms with Crippen LogP contribution in [0.2, 0.25) is 0 Å². The van der Waals surface area contributed by atoms with Gasteiger partial charge in [0.15, 0.2) is 0 Å². The van der Waals surface area contributed by atoms with Gasteiger partial charge in [-0.05, 0) is 19.9 Å². The molecular formula is C6H14N2O. The lowest BCUT2D eigenvalue weighted by Gasteiger charge is -2.22. The first-order valence-electron chi connectivity index (χ1n) is 3.43. The third kappa shape index (κ3) is 2.30. The van der Waals surface area contributed by atoms with Crippen LogP contribution in [0.1, 0.15) is 12.8 Å². The van der Waals surface area contributed by atoms with Crippen molar-refractivity contribution in [2.24, 2.45) is 0 Å². The second-order valence-electron chi connectivity index (χ2n) is 2.31. The number of hydrogen-bond acceptors (Lipinski definition) is 3. The molecule has 0 unspecified atom stereocenters. The fourth-order valence-corrected chi connectivity index (χ4v) is 1.06. The first kappa shape index (κ1) is 6.99. The first-order chi connectivity index (χ1) is 4.43. The molecule has 1 atom stereocenters. The maximum Gasteiger partial charge on any atom is 0.0633 e. The first-order valence-corrected chi connectivity index (χ1v) is 3.43. The molecule has 0 amide bonds. The van der Waals surface area contributed by atoms with Gasteiger partial charge in [-0.3, -0.25) is 10.9 Å². The zero-order chi connectivity index (χ0) is 6.53. The summed E-state index contributed by atoms with van der Waals surface area (Å²) >= 11 is 0. The van der Waals surface area contributed by atoms with Gasteiger partial charge >= 0.3 is 0 Å². The molecule has 0 aliphatic carbocycles. The maximum atomic E-state index is 5.23. The summed E-state index contributed by atoms with van der Waals surface area (Å²) in [5.41, 5.74) is 6.02. The molecule has 0 bridgehead atoms. The van der Waals surface area contributed by atoms with E-state index < -0.39 is 0 Å². The molecule has 1 aliphatic rings. The summed E-state index contributed by atoms with van der Waals surface area (Å²) in [4.78, 5) is 0. The van der Waals surface area contributed by atoms with Gasteiger partial charge < -0.3 is 4.74 Å². The van der Waals surface area contributed by atoms with E-state index in [9.17, 15) is 0 Å². The SMILES string of the molecule is CNN[C@H]1CCCOC1. The van der Waals surface area contributed by atoms with Gasteiger partial charge in [-0.2, -0.15) is 0 Å². The Morgan fingerprint density at radius 1 is 1.56 bits per heavy atom. The van der Waals surface area contributed by atoms with Crippen molar-refractivity contribution < 1.29 is 4.74 Å². The van der Waals surface area contributed by atoms with Crippen molar-refractivity contribution in [3.8, 4) is 0 Å². The van der Waals surface area contributed by atoms with E-state index in [2.05, 4.69) is 10.9 Å². The summed E-state index contributed by atoms with van der Waals surface area (Å²) in [5.74, 6) is 0. The Balaban J connectivity index is 2.08. The van der Waals surface area contributed by atoms with E-state index in [1.165, 1.54) is 12.8 Å². The Morgan fingerprint density at radius 2 is 2.44 bits per heavy atom. The quantitative estimate of drug-likeness (QED) is 0.512. The van der Waals surface area contributed by atoms with Crippen LogP contribution in [0.15, 0.2) is 0 Å². The van der Waals surface area contributed by atoms with Crippen LogP contribution < -0.4 is 10.9 Å². The molecule has 0 saturated carbocycles. The summed E-state index contributed by atoms with van der Waals surface area (Å²) in [6.45, 7) is 1.78. The molecule has 1 rings (SSSR count). The Labute approximate surface area is 55.7 Å². The number of nitrogens with one attached hydrogen (secondary N) is 2. The van der Waals surface area contributed by atoms with Gasteiger partial charge in [0.2, 0.25) is 0 Å². The lowest BCUT2D eigenvalue weighted by molar-refractivity contribution is 0.0666. The molecule has 1 heterocycles. The molecule has 0 aromatic heterocycles. The van der Waals surface area contributed by atoms with Gasteiger partial charge in [-0.25, -0.2) is 0 Å². The van der Waals surface area contributed by atoms with Gasteiger partial charge in [0, 0.05) is 12.6 Å². The highest BCUT2D eigenvalue weighted by molar-refractivity contribution is 4.66. The van der Waals surface area contributed by atoms with Crippen LogP contribution >= 0.6 is 0 Å². The van der Waals surface area contributed by atoms with E-state index in [0.717, 1.165) is 13.2 Å². The third-order valence-electron chi connectivity index (χ3n) is 1.51. The molecule has 9 heavy (non-hydrogen) atoms. The van der Waals surface area contributed by atoms with Crippen molar-refractivity contribution in [2.75, 3.05) is 20.3 Å². The Kier molecular flexibility index (Phi) is 2.97. The van der Waals surface area contributed by atoms with Crippen molar-refractivity contribution in [1.29, 1.82) is 0 Å². The van der Waals surface area contributed by atoms with Gasteiger partial charge in [-0.15, -0.1) is 0 Å². The van der Waals surface area contributed by atoms with Crippen LogP contribution in [0.25, 0.3) is 0 Å². The van der Waals surface area contributed by atoms with E-state index in [0.29, 0.717) is 6.04 Å². The minimum absolute atomic E-state index is 0.517. The number of rotatable bonds is 2. The topological polar surface area (TPSA) is 33.3 Å². The van der Waals surface area contributed by atoms with Crippen LogP contribution in [-0.2, 0) is 4.74 Å². The Hall–Kier alpha value is -0.120. The summed E-state index contributed by atoms with van der Waals surface area (Å²) in [7, 11) is 1.88. The molecule has 0 aromatic rings. The standard InChI is InChI=1S/C6H14N2O/c1-7-8-6-3-2-4-9-5-6/h6-8H,2-5H2,1H3/t6-/m0/s1. The van der Waals surface area contributed by atoms with Crippen molar-refractivity contribution in [2.45, 2.75) is 18.9 Å². The average molecular weight is 130 g/mol. The second-order valence-corrected chi connectivity index (χ2v) is 2.31. The molecule has 2 N–H and O–H groups in total. The van der Waals surface area contributed by atoms with Gasteiger partial charge in [0.05, 0.1) is 6.61 Å². The zero-order valence-electron chi connectivity index (χ0n) is 5.81. The molecule has 3 nitrogen and oxygen atoms in total. The maximum absolute atomic E-state index is 5.23. The second kappa shape index (κ2) is 3.82. The van der Waals surface area contributed by atoms with Crippen LogP contribution in [-0.4, -0.2) is 26.3 Å². The number of hydrazine groups is 1. The fourth-order valence-electron chi connectivity index (χ4n) is 1.06. The molecule has 1 aliphatic heterocycles. The molecule has 1 saturated heterocycles. The van der Waals surface area contributed by atoms with Crippen LogP contribution in [0, 0.1) is 0 Å².